The lowest BCUT2D eigenvalue weighted by atomic mass is 9.92. The minimum absolute atomic E-state index is 0.304. The first-order chi connectivity index (χ1) is 12.1. The van der Waals surface area contributed by atoms with Crippen LogP contribution in [0, 0.1) is 0 Å². The normalized spacial score (nSPS) is 20.8. The first-order valence-electron chi connectivity index (χ1n) is 8.28. The molecule has 0 saturated heterocycles. The standard InChI is InChI=1S/C17H18Cl2N6/c18-9-5-12-13(7-22-15(12)21-6-9)16-23-8-14(19)17(25-16)24-11-3-1-10(20)2-4-11/h5-8,10-11H,1-4,20H2,(H,21,22)(H,23,24,25). The molecule has 1 aliphatic rings. The third-order valence-corrected chi connectivity index (χ3v) is 5.08. The number of aromatic nitrogens is 4. The number of nitrogens with zero attached hydrogens (tertiary/aromatic N) is 3. The van der Waals surface area contributed by atoms with Crippen LogP contribution in [0.5, 0.6) is 0 Å². The number of anilines is 1. The van der Waals surface area contributed by atoms with E-state index in [9.17, 15) is 0 Å². The van der Waals surface area contributed by atoms with Gasteiger partial charge < -0.3 is 16.0 Å². The molecule has 130 valence electrons. The Kier molecular flexibility index (Phi) is 4.50. The minimum atomic E-state index is 0.304. The molecule has 3 aromatic heterocycles. The van der Waals surface area contributed by atoms with Crippen molar-refractivity contribution in [3.63, 3.8) is 0 Å². The number of halogens is 2. The van der Waals surface area contributed by atoms with Gasteiger partial charge in [0.2, 0.25) is 0 Å². The van der Waals surface area contributed by atoms with E-state index in [0.29, 0.717) is 33.8 Å². The molecule has 0 unspecified atom stereocenters. The highest BCUT2D eigenvalue weighted by Gasteiger charge is 2.20. The second-order valence-electron chi connectivity index (χ2n) is 6.40. The van der Waals surface area contributed by atoms with Crippen LogP contribution in [0.4, 0.5) is 5.82 Å². The first kappa shape index (κ1) is 16.6. The van der Waals surface area contributed by atoms with Crippen molar-refractivity contribution in [1.29, 1.82) is 0 Å². The summed E-state index contributed by atoms with van der Waals surface area (Å²) in [7, 11) is 0. The zero-order chi connectivity index (χ0) is 17.4. The van der Waals surface area contributed by atoms with Gasteiger partial charge >= 0.3 is 0 Å². The maximum atomic E-state index is 6.30. The topological polar surface area (TPSA) is 92.5 Å². The number of pyridine rings is 1. The third-order valence-electron chi connectivity index (χ3n) is 4.60. The van der Waals surface area contributed by atoms with E-state index in [0.717, 1.165) is 42.3 Å². The summed E-state index contributed by atoms with van der Waals surface area (Å²) < 4.78 is 0. The van der Waals surface area contributed by atoms with Crippen molar-refractivity contribution in [2.75, 3.05) is 5.32 Å². The van der Waals surface area contributed by atoms with Crippen LogP contribution >= 0.6 is 23.2 Å². The average molecular weight is 377 g/mol. The molecule has 1 aliphatic carbocycles. The monoisotopic (exact) mass is 376 g/mol. The van der Waals surface area contributed by atoms with Crippen LogP contribution in [-0.4, -0.2) is 32.0 Å². The molecule has 25 heavy (non-hydrogen) atoms. The van der Waals surface area contributed by atoms with Crippen molar-refractivity contribution in [2.45, 2.75) is 37.8 Å². The van der Waals surface area contributed by atoms with Crippen molar-refractivity contribution in [2.24, 2.45) is 5.73 Å². The van der Waals surface area contributed by atoms with Gasteiger partial charge in [0.05, 0.1) is 11.2 Å². The molecule has 0 radical (unpaired) electrons. The number of nitrogens with one attached hydrogen (secondary N) is 2. The number of nitrogens with two attached hydrogens (primary N) is 1. The van der Waals surface area contributed by atoms with Crippen molar-refractivity contribution in [1.82, 2.24) is 19.9 Å². The molecule has 0 aliphatic heterocycles. The van der Waals surface area contributed by atoms with Gasteiger partial charge in [0.25, 0.3) is 0 Å². The average Bonchev–Trinajstić information content (AvgIpc) is 3.02. The van der Waals surface area contributed by atoms with Crippen LogP contribution in [0.15, 0.2) is 24.7 Å². The highest BCUT2D eigenvalue weighted by Crippen LogP contribution is 2.30. The predicted molar refractivity (Wildman–Crippen MR) is 101 cm³/mol. The number of hydrogen-bond acceptors (Lipinski definition) is 5. The van der Waals surface area contributed by atoms with Crippen LogP contribution in [0.2, 0.25) is 10.0 Å². The minimum Gasteiger partial charge on any atom is -0.366 e. The van der Waals surface area contributed by atoms with Crippen molar-refractivity contribution in [3.05, 3.63) is 34.7 Å². The van der Waals surface area contributed by atoms with Crippen LogP contribution in [0.1, 0.15) is 25.7 Å². The summed E-state index contributed by atoms with van der Waals surface area (Å²) in [5, 5.41) is 5.40. The van der Waals surface area contributed by atoms with E-state index in [4.69, 9.17) is 28.9 Å². The summed E-state index contributed by atoms with van der Waals surface area (Å²) >= 11 is 12.4. The number of H-pyrrole nitrogens is 1. The summed E-state index contributed by atoms with van der Waals surface area (Å²) in [6, 6.07) is 2.49. The van der Waals surface area contributed by atoms with Crippen molar-refractivity contribution in [3.8, 4) is 11.4 Å². The summed E-state index contributed by atoms with van der Waals surface area (Å²) in [5.74, 6) is 1.23. The molecule has 1 fully saturated rings. The SMILES string of the molecule is NC1CCC(Nc2nc(-c3c[nH]c4ncc(Cl)cc34)ncc2Cl)CC1. The predicted octanol–water partition coefficient (Wildman–Crippen LogP) is 4.01. The molecule has 3 heterocycles. The number of rotatable bonds is 3. The zero-order valence-corrected chi connectivity index (χ0v) is 15.0. The fourth-order valence-corrected chi connectivity index (χ4v) is 3.52. The van der Waals surface area contributed by atoms with Gasteiger partial charge in [0.1, 0.15) is 16.5 Å². The maximum absolute atomic E-state index is 6.30. The Bertz CT molecular complexity index is 901. The molecule has 0 atom stereocenters. The molecule has 4 N–H and O–H groups in total. The molecule has 0 bridgehead atoms. The van der Waals surface area contributed by atoms with Gasteiger partial charge in [-0.1, -0.05) is 23.2 Å². The summed E-state index contributed by atoms with van der Waals surface area (Å²) in [5.41, 5.74) is 7.56. The summed E-state index contributed by atoms with van der Waals surface area (Å²) in [6.45, 7) is 0. The van der Waals surface area contributed by atoms with Crippen molar-refractivity contribution < 1.29 is 0 Å². The smallest absolute Gasteiger partial charge is 0.163 e. The Morgan fingerprint density at radius 1 is 1.12 bits per heavy atom. The fraction of sp³-hybridized carbons (Fsp3) is 0.353. The highest BCUT2D eigenvalue weighted by molar-refractivity contribution is 6.33. The molecule has 6 nitrogen and oxygen atoms in total. The number of hydrogen-bond donors (Lipinski definition) is 3. The van der Waals surface area contributed by atoms with Gasteiger partial charge in [0, 0.05) is 35.4 Å². The van der Waals surface area contributed by atoms with Gasteiger partial charge in [0.15, 0.2) is 5.82 Å². The Labute approximate surface area is 155 Å². The van der Waals surface area contributed by atoms with E-state index in [-0.39, 0.29) is 0 Å². The third kappa shape index (κ3) is 3.42. The molecule has 0 amide bonds. The van der Waals surface area contributed by atoms with E-state index in [1.807, 2.05) is 12.3 Å². The van der Waals surface area contributed by atoms with Gasteiger partial charge in [-0.3, -0.25) is 0 Å². The molecule has 8 heteroatoms. The second kappa shape index (κ2) is 6.78. The van der Waals surface area contributed by atoms with E-state index in [2.05, 4.69) is 25.3 Å². The first-order valence-corrected chi connectivity index (χ1v) is 9.03. The highest BCUT2D eigenvalue weighted by atomic mass is 35.5. The van der Waals surface area contributed by atoms with Gasteiger partial charge in [-0.15, -0.1) is 0 Å². The second-order valence-corrected chi connectivity index (χ2v) is 7.24. The van der Waals surface area contributed by atoms with Gasteiger partial charge in [-0.05, 0) is 31.7 Å². The molecule has 3 aromatic rings. The summed E-state index contributed by atoms with van der Waals surface area (Å²) in [4.78, 5) is 16.4. The molecule has 0 spiro atoms. The Morgan fingerprint density at radius 2 is 1.92 bits per heavy atom. The number of fused-ring (bicyclic) bond motifs is 1. The van der Waals surface area contributed by atoms with Crippen LogP contribution in [-0.2, 0) is 0 Å². The zero-order valence-electron chi connectivity index (χ0n) is 13.5. The van der Waals surface area contributed by atoms with Crippen LogP contribution in [0.25, 0.3) is 22.4 Å². The Morgan fingerprint density at radius 3 is 2.72 bits per heavy atom. The molecule has 1 saturated carbocycles. The maximum Gasteiger partial charge on any atom is 0.163 e. The lowest BCUT2D eigenvalue weighted by Crippen LogP contribution is -2.33. The van der Waals surface area contributed by atoms with E-state index >= 15 is 0 Å². The Balaban J connectivity index is 1.65. The number of aromatic amines is 1. The van der Waals surface area contributed by atoms with Crippen molar-refractivity contribution >= 4 is 40.1 Å². The molecular weight excluding hydrogens is 359 g/mol. The lowest BCUT2D eigenvalue weighted by Gasteiger charge is -2.27. The molecule has 0 aromatic carbocycles. The largest absolute Gasteiger partial charge is 0.366 e. The van der Waals surface area contributed by atoms with Gasteiger partial charge in [-0.25, -0.2) is 15.0 Å². The molecule has 4 rings (SSSR count). The van der Waals surface area contributed by atoms with Crippen LogP contribution in [0.3, 0.4) is 0 Å². The lowest BCUT2D eigenvalue weighted by molar-refractivity contribution is 0.410. The van der Waals surface area contributed by atoms with E-state index < -0.39 is 0 Å². The van der Waals surface area contributed by atoms with Gasteiger partial charge in [-0.2, -0.15) is 0 Å². The summed E-state index contributed by atoms with van der Waals surface area (Å²) in [6.07, 6.45) is 9.12. The van der Waals surface area contributed by atoms with E-state index in [1.54, 1.807) is 12.4 Å². The van der Waals surface area contributed by atoms with E-state index in [1.165, 1.54) is 0 Å². The Hall–Kier alpha value is -1.89. The quantitative estimate of drug-likeness (QED) is 0.641. The molecular formula is C17H18Cl2N6. The fourth-order valence-electron chi connectivity index (χ4n) is 3.22. The van der Waals surface area contributed by atoms with Crippen LogP contribution < -0.4 is 11.1 Å².